The fourth-order valence-corrected chi connectivity index (χ4v) is 2.76. The first-order valence-electron chi connectivity index (χ1n) is 8.42. The minimum atomic E-state index is -1.26. The summed E-state index contributed by atoms with van der Waals surface area (Å²) in [5.41, 5.74) is 3.29. The van der Waals surface area contributed by atoms with Gasteiger partial charge in [-0.15, -0.1) is 0 Å². The number of hydrogen-bond acceptors (Lipinski definition) is 4. The minimum absolute atomic E-state index is 0.558. The first-order valence-corrected chi connectivity index (χ1v) is 8.42. The molecule has 0 bridgehead atoms. The molecule has 0 saturated heterocycles. The molecule has 1 aliphatic rings. The van der Waals surface area contributed by atoms with E-state index in [0.29, 0.717) is 18.7 Å². The molecule has 0 fully saturated rings. The Morgan fingerprint density at radius 2 is 1.68 bits per heavy atom. The van der Waals surface area contributed by atoms with Gasteiger partial charge in [-0.2, -0.15) is 0 Å². The predicted octanol–water partition coefficient (Wildman–Crippen LogP) is 3.32. The maximum Gasteiger partial charge on any atom is 0.328 e. The number of benzene rings is 2. The zero-order valence-electron chi connectivity index (χ0n) is 14.7. The highest BCUT2D eigenvalue weighted by Gasteiger charge is 2.18. The summed E-state index contributed by atoms with van der Waals surface area (Å²) in [5, 5.41) is 21.5. The average Bonchev–Trinajstić information content (AvgIpc) is 3.06. The quantitative estimate of drug-likeness (QED) is 0.603. The van der Waals surface area contributed by atoms with Crippen molar-refractivity contribution < 1.29 is 19.8 Å². The van der Waals surface area contributed by atoms with Crippen molar-refractivity contribution in [2.75, 3.05) is 5.32 Å². The Morgan fingerprint density at radius 3 is 2.32 bits per heavy atom. The van der Waals surface area contributed by atoms with E-state index in [9.17, 15) is 9.59 Å². The van der Waals surface area contributed by atoms with Gasteiger partial charge in [-0.3, -0.25) is 9.98 Å². The Morgan fingerprint density at radius 1 is 0.964 bits per heavy atom. The van der Waals surface area contributed by atoms with Crippen LogP contribution in [0.15, 0.2) is 77.9 Å². The number of aliphatic carboxylic acids is 2. The van der Waals surface area contributed by atoms with Crippen LogP contribution in [-0.4, -0.2) is 33.0 Å². The molecule has 2 heterocycles. The van der Waals surface area contributed by atoms with Gasteiger partial charge in [-0.05, 0) is 23.6 Å². The van der Waals surface area contributed by atoms with Crippen molar-refractivity contribution >= 4 is 34.2 Å². The third kappa shape index (κ3) is 4.59. The van der Waals surface area contributed by atoms with E-state index in [1.54, 1.807) is 6.20 Å². The number of carboxylic acids is 2. The lowest BCUT2D eigenvalue weighted by Gasteiger charge is -2.01. The molecule has 0 spiro atoms. The van der Waals surface area contributed by atoms with Gasteiger partial charge in [0.1, 0.15) is 5.84 Å². The van der Waals surface area contributed by atoms with E-state index in [0.717, 1.165) is 17.2 Å². The number of pyridine rings is 1. The summed E-state index contributed by atoms with van der Waals surface area (Å²) in [6.07, 6.45) is 2.91. The van der Waals surface area contributed by atoms with Crippen LogP contribution in [0.25, 0.3) is 10.8 Å². The number of nitrogens with zero attached hydrogens (tertiary/aromatic N) is 2. The Hall–Kier alpha value is -4.00. The molecule has 0 amide bonds. The van der Waals surface area contributed by atoms with Gasteiger partial charge >= 0.3 is 11.9 Å². The summed E-state index contributed by atoms with van der Waals surface area (Å²) < 4.78 is 0. The summed E-state index contributed by atoms with van der Waals surface area (Å²) in [5.74, 6) is -1.58. The average molecular weight is 375 g/mol. The molecular formula is C21H17N3O4. The van der Waals surface area contributed by atoms with E-state index in [2.05, 4.69) is 51.7 Å². The Balaban J connectivity index is 0.000000242. The van der Waals surface area contributed by atoms with Crippen molar-refractivity contribution in [1.82, 2.24) is 4.98 Å². The van der Waals surface area contributed by atoms with Gasteiger partial charge in [-0.1, -0.05) is 36.4 Å². The second-order valence-corrected chi connectivity index (χ2v) is 5.83. The van der Waals surface area contributed by atoms with E-state index in [1.807, 2.05) is 18.2 Å². The monoisotopic (exact) mass is 375 g/mol. The molecule has 1 aliphatic heterocycles. The van der Waals surface area contributed by atoms with Crippen LogP contribution in [0.1, 0.15) is 11.3 Å². The van der Waals surface area contributed by atoms with Crippen LogP contribution in [0.5, 0.6) is 0 Å². The van der Waals surface area contributed by atoms with E-state index in [4.69, 9.17) is 10.2 Å². The molecule has 3 aromatic rings. The summed E-state index contributed by atoms with van der Waals surface area (Å²) >= 11 is 0. The van der Waals surface area contributed by atoms with Gasteiger partial charge in [0.05, 0.1) is 12.2 Å². The molecule has 140 valence electrons. The van der Waals surface area contributed by atoms with Crippen LogP contribution in [-0.2, 0) is 16.1 Å². The Bertz CT molecular complexity index is 1050. The van der Waals surface area contributed by atoms with Gasteiger partial charge in [0.2, 0.25) is 0 Å². The summed E-state index contributed by atoms with van der Waals surface area (Å²) in [4.78, 5) is 28.1. The molecule has 3 N–H and O–H groups in total. The first kappa shape index (κ1) is 18.8. The molecule has 0 aliphatic carbocycles. The van der Waals surface area contributed by atoms with Crippen molar-refractivity contribution in [2.24, 2.45) is 4.99 Å². The second kappa shape index (κ2) is 8.59. The lowest BCUT2D eigenvalue weighted by atomic mass is 10.1. The van der Waals surface area contributed by atoms with Crippen LogP contribution >= 0.6 is 0 Å². The molecule has 0 atom stereocenters. The highest BCUT2D eigenvalue weighted by atomic mass is 16.4. The lowest BCUT2D eigenvalue weighted by molar-refractivity contribution is -0.134. The molecule has 28 heavy (non-hydrogen) atoms. The van der Waals surface area contributed by atoms with Gasteiger partial charge < -0.3 is 15.5 Å². The summed E-state index contributed by atoms with van der Waals surface area (Å²) in [6.45, 7) is 0.591. The molecule has 2 aromatic carbocycles. The molecule has 4 rings (SSSR count). The Kier molecular flexibility index (Phi) is 5.76. The van der Waals surface area contributed by atoms with Gasteiger partial charge in [0.25, 0.3) is 0 Å². The predicted molar refractivity (Wildman–Crippen MR) is 106 cm³/mol. The van der Waals surface area contributed by atoms with Crippen LogP contribution < -0.4 is 5.32 Å². The first-order chi connectivity index (χ1) is 13.5. The largest absolute Gasteiger partial charge is 0.478 e. The van der Waals surface area contributed by atoms with Crippen LogP contribution in [0, 0.1) is 0 Å². The number of hydrogen-bond donors (Lipinski definition) is 3. The van der Waals surface area contributed by atoms with Crippen molar-refractivity contribution in [2.45, 2.75) is 6.54 Å². The van der Waals surface area contributed by atoms with Crippen molar-refractivity contribution in [3.63, 3.8) is 0 Å². The number of amidine groups is 1. The molecule has 1 aromatic heterocycles. The standard InChI is InChI=1S/C17H13N3.C4H4O4/c1-2-10-18-13(7-1)11-19-17-14-8-3-5-12-6-4-9-15(20-17)16(12)14;5-3(6)1-2-4(7)8/h1-10H,11H2,(H,19,20);1-2H,(H,5,6)(H,7,8). The highest BCUT2D eigenvalue weighted by Crippen LogP contribution is 2.33. The lowest BCUT2D eigenvalue weighted by Crippen LogP contribution is -2.07. The maximum absolute atomic E-state index is 9.55. The number of rotatable bonds is 4. The number of aromatic nitrogens is 1. The van der Waals surface area contributed by atoms with Crippen molar-refractivity contribution in [3.05, 3.63) is 84.2 Å². The van der Waals surface area contributed by atoms with Gasteiger partial charge in [0, 0.05) is 35.0 Å². The van der Waals surface area contributed by atoms with Crippen molar-refractivity contribution in [3.8, 4) is 0 Å². The van der Waals surface area contributed by atoms with E-state index in [-0.39, 0.29) is 0 Å². The maximum atomic E-state index is 9.55. The third-order valence-electron chi connectivity index (χ3n) is 3.91. The van der Waals surface area contributed by atoms with Gasteiger partial charge in [0.15, 0.2) is 0 Å². The summed E-state index contributed by atoms with van der Waals surface area (Å²) in [6, 6.07) is 18.5. The molecule has 7 heteroatoms. The minimum Gasteiger partial charge on any atom is -0.478 e. The zero-order chi connectivity index (χ0) is 19.9. The van der Waals surface area contributed by atoms with E-state index < -0.39 is 11.9 Å². The SMILES string of the molecule is O=C(O)C=CC(=O)O.c1ccc(CN=C2Nc3cccc4cccc2c34)nc1. The van der Waals surface area contributed by atoms with E-state index >= 15 is 0 Å². The fourth-order valence-electron chi connectivity index (χ4n) is 2.76. The van der Waals surface area contributed by atoms with E-state index in [1.165, 1.54) is 16.3 Å². The third-order valence-corrected chi connectivity index (χ3v) is 3.91. The molecule has 0 saturated carbocycles. The highest BCUT2D eigenvalue weighted by molar-refractivity contribution is 6.25. The molecule has 7 nitrogen and oxygen atoms in total. The van der Waals surface area contributed by atoms with Gasteiger partial charge in [-0.25, -0.2) is 9.59 Å². The molecule has 0 unspecified atom stereocenters. The topological polar surface area (TPSA) is 112 Å². The number of carboxylic acid groups (broad SMARTS) is 2. The molecule has 0 radical (unpaired) electrons. The van der Waals surface area contributed by atoms with Crippen LogP contribution in [0.3, 0.4) is 0 Å². The zero-order valence-corrected chi connectivity index (χ0v) is 14.7. The Labute approximate surface area is 160 Å². The number of carbonyl (C=O) groups is 2. The van der Waals surface area contributed by atoms with Crippen LogP contribution in [0.2, 0.25) is 0 Å². The number of nitrogens with one attached hydrogen (secondary N) is 1. The molecular weight excluding hydrogens is 358 g/mol. The normalized spacial score (nSPS) is 13.2. The number of aliphatic imine (C=N–C) groups is 1. The summed E-state index contributed by atoms with van der Waals surface area (Å²) in [7, 11) is 0. The number of anilines is 1. The second-order valence-electron chi connectivity index (χ2n) is 5.83. The fraction of sp³-hybridized carbons (Fsp3) is 0.0476. The smallest absolute Gasteiger partial charge is 0.328 e. The van der Waals surface area contributed by atoms with Crippen LogP contribution in [0.4, 0.5) is 5.69 Å². The van der Waals surface area contributed by atoms with Crippen molar-refractivity contribution in [1.29, 1.82) is 0 Å².